The van der Waals surface area contributed by atoms with Crippen LogP contribution in [-0.2, 0) is 9.53 Å². The highest BCUT2D eigenvalue weighted by Gasteiger charge is 2.06. The maximum Gasteiger partial charge on any atom is 0.348 e. The van der Waals surface area contributed by atoms with Crippen LogP contribution in [0.15, 0.2) is 12.2 Å². The van der Waals surface area contributed by atoms with E-state index in [2.05, 4.69) is 13.5 Å². The lowest BCUT2D eigenvalue weighted by molar-refractivity contribution is -0.138. The Balaban J connectivity index is 3.16. The molecule has 0 fully saturated rings. The molecule has 0 aromatic carbocycles. The zero-order valence-electron chi connectivity index (χ0n) is 13.0. The summed E-state index contributed by atoms with van der Waals surface area (Å²) in [5.41, 5.74) is -0.118. The highest BCUT2D eigenvalue weighted by Crippen LogP contribution is 2.11. The first kappa shape index (κ1) is 18.7. The minimum atomic E-state index is -0.584. The van der Waals surface area contributed by atoms with Crippen molar-refractivity contribution in [1.29, 1.82) is 5.26 Å². The van der Waals surface area contributed by atoms with Crippen molar-refractivity contribution < 1.29 is 9.53 Å². The molecule has 0 radical (unpaired) electrons. The van der Waals surface area contributed by atoms with E-state index in [4.69, 9.17) is 10.00 Å². The van der Waals surface area contributed by atoms with Gasteiger partial charge in [-0.15, -0.1) is 0 Å². The minimum Gasteiger partial charge on any atom is -0.462 e. The van der Waals surface area contributed by atoms with Gasteiger partial charge in [-0.3, -0.25) is 0 Å². The van der Waals surface area contributed by atoms with Crippen molar-refractivity contribution in [1.82, 2.24) is 0 Å². The molecule has 0 aromatic rings. The fraction of sp³-hybridized carbons (Fsp3) is 0.765. The summed E-state index contributed by atoms with van der Waals surface area (Å²) >= 11 is 0. The van der Waals surface area contributed by atoms with Gasteiger partial charge in [0.15, 0.2) is 0 Å². The van der Waals surface area contributed by atoms with Crippen LogP contribution >= 0.6 is 0 Å². The third kappa shape index (κ3) is 11.8. The fourth-order valence-electron chi connectivity index (χ4n) is 2.06. The summed E-state index contributed by atoms with van der Waals surface area (Å²) in [6.45, 7) is 5.96. The van der Waals surface area contributed by atoms with Crippen molar-refractivity contribution in [2.24, 2.45) is 0 Å². The number of carbonyl (C=O) groups excluding carboxylic acids is 1. The standard InChI is InChI=1S/C17H29NO2/c1-3-4-5-6-7-8-9-10-11-12-13-14-20-17(19)16(2)15-18/h2-14H2,1H3. The van der Waals surface area contributed by atoms with Gasteiger partial charge >= 0.3 is 5.97 Å². The van der Waals surface area contributed by atoms with E-state index in [1.165, 1.54) is 57.8 Å². The summed E-state index contributed by atoms with van der Waals surface area (Å²) in [7, 11) is 0. The van der Waals surface area contributed by atoms with Crippen LogP contribution in [-0.4, -0.2) is 12.6 Å². The molecule has 3 nitrogen and oxygen atoms in total. The van der Waals surface area contributed by atoms with Crippen LogP contribution in [0.3, 0.4) is 0 Å². The third-order valence-electron chi connectivity index (χ3n) is 3.36. The molecule has 0 saturated heterocycles. The Morgan fingerprint density at radius 2 is 1.40 bits per heavy atom. The summed E-state index contributed by atoms with van der Waals surface area (Å²) in [5, 5.41) is 8.45. The van der Waals surface area contributed by atoms with Gasteiger partial charge in [-0.05, 0) is 6.42 Å². The lowest BCUT2D eigenvalue weighted by Gasteiger charge is -2.04. The Labute approximate surface area is 124 Å². The average molecular weight is 279 g/mol. The zero-order valence-corrected chi connectivity index (χ0v) is 13.0. The number of nitriles is 1. The largest absolute Gasteiger partial charge is 0.462 e. The Kier molecular flexibility index (Phi) is 13.2. The van der Waals surface area contributed by atoms with Crippen LogP contribution in [0.2, 0.25) is 0 Å². The molecule has 0 saturated carbocycles. The summed E-state index contributed by atoms with van der Waals surface area (Å²) in [6.07, 6.45) is 13.9. The molecule has 0 unspecified atom stereocenters. The van der Waals surface area contributed by atoms with Crippen molar-refractivity contribution in [2.75, 3.05) is 6.61 Å². The second kappa shape index (κ2) is 14.1. The molecular formula is C17H29NO2. The van der Waals surface area contributed by atoms with E-state index in [1.807, 2.05) is 0 Å². The van der Waals surface area contributed by atoms with Crippen LogP contribution in [0.25, 0.3) is 0 Å². The van der Waals surface area contributed by atoms with Crippen LogP contribution in [0.1, 0.15) is 77.6 Å². The van der Waals surface area contributed by atoms with E-state index in [0.29, 0.717) is 6.61 Å². The predicted octanol–water partition coefficient (Wildman–Crippen LogP) is 4.92. The molecule has 114 valence electrons. The number of unbranched alkanes of at least 4 members (excludes halogenated alkanes) is 10. The predicted molar refractivity (Wildman–Crippen MR) is 82.2 cm³/mol. The SMILES string of the molecule is C=C(C#N)C(=O)OCCCCCCCCCCCCC. The molecule has 0 aromatic heterocycles. The van der Waals surface area contributed by atoms with Gasteiger partial charge in [0.05, 0.1) is 6.61 Å². The number of carbonyl (C=O) groups is 1. The Bertz CT molecular complexity index is 305. The molecule has 0 aliphatic heterocycles. The topological polar surface area (TPSA) is 50.1 Å². The quantitative estimate of drug-likeness (QED) is 0.208. The normalized spacial score (nSPS) is 10.0. The molecule has 0 amide bonds. The fourth-order valence-corrected chi connectivity index (χ4v) is 2.06. The van der Waals surface area contributed by atoms with Gasteiger partial charge in [-0.25, -0.2) is 4.79 Å². The summed E-state index contributed by atoms with van der Waals surface area (Å²) in [4.78, 5) is 11.1. The van der Waals surface area contributed by atoms with Gasteiger partial charge < -0.3 is 4.74 Å². The van der Waals surface area contributed by atoms with Gasteiger partial charge in [0.1, 0.15) is 11.6 Å². The van der Waals surface area contributed by atoms with Gasteiger partial charge in [-0.2, -0.15) is 5.26 Å². The van der Waals surface area contributed by atoms with Crippen LogP contribution < -0.4 is 0 Å². The second-order valence-electron chi connectivity index (χ2n) is 5.26. The van der Waals surface area contributed by atoms with E-state index in [9.17, 15) is 4.79 Å². The van der Waals surface area contributed by atoms with Gasteiger partial charge in [0.25, 0.3) is 0 Å². The first-order valence-electron chi connectivity index (χ1n) is 7.98. The Morgan fingerprint density at radius 3 is 1.85 bits per heavy atom. The number of hydrogen-bond acceptors (Lipinski definition) is 3. The third-order valence-corrected chi connectivity index (χ3v) is 3.36. The van der Waals surface area contributed by atoms with Crippen molar-refractivity contribution in [3.05, 3.63) is 12.2 Å². The second-order valence-corrected chi connectivity index (χ2v) is 5.26. The minimum absolute atomic E-state index is 0.118. The van der Waals surface area contributed by atoms with Gasteiger partial charge in [0, 0.05) is 0 Å². The van der Waals surface area contributed by atoms with Crippen LogP contribution in [0.4, 0.5) is 0 Å². The number of ether oxygens (including phenoxy) is 1. The number of rotatable bonds is 13. The lowest BCUT2D eigenvalue weighted by atomic mass is 10.1. The molecule has 3 heteroatoms. The van der Waals surface area contributed by atoms with Crippen LogP contribution in [0, 0.1) is 11.3 Å². The summed E-state index contributed by atoms with van der Waals surface area (Å²) in [6, 6.07) is 1.69. The van der Waals surface area contributed by atoms with Crippen LogP contribution in [0.5, 0.6) is 0 Å². The average Bonchev–Trinajstić information content (AvgIpc) is 2.47. The molecule has 0 bridgehead atoms. The Hall–Kier alpha value is -1.30. The zero-order chi connectivity index (χ0) is 15.1. The molecule has 0 N–H and O–H groups in total. The number of nitrogens with zero attached hydrogens (tertiary/aromatic N) is 1. The smallest absolute Gasteiger partial charge is 0.348 e. The van der Waals surface area contributed by atoms with E-state index in [1.54, 1.807) is 6.07 Å². The molecule has 0 aliphatic rings. The molecule has 20 heavy (non-hydrogen) atoms. The van der Waals surface area contributed by atoms with Crippen molar-refractivity contribution >= 4 is 5.97 Å². The van der Waals surface area contributed by atoms with Gasteiger partial charge in [0.2, 0.25) is 0 Å². The molecule has 0 atom stereocenters. The summed E-state index contributed by atoms with van der Waals surface area (Å²) < 4.78 is 4.92. The van der Waals surface area contributed by atoms with Crippen molar-refractivity contribution in [3.8, 4) is 6.07 Å². The summed E-state index contributed by atoms with van der Waals surface area (Å²) in [5.74, 6) is -0.584. The van der Waals surface area contributed by atoms with E-state index in [0.717, 1.165) is 12.8 Å². The molecular weight excluding hydrogens is 250 g/mol. The molecule has 0 heterocycles. The van der Waals surface area contributed by atoms with E-state index >= 15 is 0 Å². The van der Waals surface area contributed by atoms with Crippen molar-refractivity contribution in [3.63, 3.8) is 0 Å². The molecule has 0 spiro atoms. The maximum atomic E-state index is 11.1. The maximum absolute atomic E-state index is 11.1. The van der Waals surface area contributed by atoms with E-state index in [-0.39, 0.29) is 5.57 Å². The molecule has 0 rings (SSSR count). The Morgan fingerprint density at radius 1 is 0.950 bits per heavy atom. The van der Waals surface area contributed by atoms with Crippen molar-refractivity contribution in [2.45, 2.75) is 77.6 Å². The van der Waals surface area contributed by atoms with Gasteiger partial charge in [-0.1, -0.05) is 77.7 Å². The lowest BCUT2D eigenvalue weighted by Crippen LogP contribution is -2.06. The van der Waals surface area contributed by atoms with E-state index < -0.39 is 5.97 Å². The molecule has 0 aliphatic carbocycles. The highest BCUT2D eigenvalue weighted by atomic mass is 16.5. The monoisotopic (exact) mass is 279 g/mol. The first-order valence-corrected chi connectivity index (χ1v) is 7.98. The number of hydrogen-bond donors (Lipinski definition) is 0. The highest BCUT2D eigenvalue weighted by molar-refractivity contribution is 5.91. The number of esters is 1. The first-order chi connectivity index (χ1) is 9.72.